The lowest BCUT2D eigenvalue weighted by Gasteiger charge is -2.22. The summed E-state index contributed by atoms with van der Waals surface area (Å²) in [5.41, 5.74) is 2.34. The molecular weight excluding hydrogens is 237 g/mol. The third-order valence-corrected chi connectivity index (χ3v) is 3.44. The molecule has 0 spiro atoms. The number of hydrogen-bond acceptors (Lipinski definition) is 1. The predicted octanol–water partition coefficient (Wildman–Crippen LogP) is 4.34. The molecule has 0 radical (unpaired) electrons. The van der Waals surface area contributed by atoms with Gasteiger partial charge in [-0.2, -0.15) is 0 Å². The van der Waals surface area contributed by atoms with Crippen LogP contribution in [-0.2, 0) is 6.42 Å². The first-order valence-corrected chi connectivity index (χ1v) is 7.37. The van der Waals surface area contributed by atoms with Crippen LogP contribution in [0.25, 0.3) is 0 Å². The molecule has 0 fully saturated rings. The molecule has 0 bridgehead atoms. The molecule has 1 aromatic rings. The highest BCUT2D eigenvalue weighted by Crippen LogP contribution is 2.20. The smallest absolute Gasteiger partial charge is 0.123 e. The standard InChI is InChI=1S/C17H28FN/c1-12(2)8-15(11-19-13(3)4)9-16-10-17(18)7-6-14(16)5/h6-7,10,12-13,15,19H,8-9,11H2,1-5H3. The number of rotatable bonds is 7. The van der Waals surface area contributed by atoms with Crippen LogP contribution in [0.3, 0.4) is 0 Å². The number of halogens is 1. The number of hydrogen-bond donors (Lipinski definition) is 1. The van der Waals surface area contributed by atoms with Gasteiger partial charge in [0, 0.05) is 6.04 Å². The van der Waals surface area contributed by atoms with Gasteiger partial charge in [0.25, 0.3) is 0 Å². The Kier molecular flexibility index (Phi) is 6.50. The molecule has 2 heteroatoms. The quantitative estimate of drug-likeness (QED) is 0.773. The van der Waals surface area contributed by atoms with Gasteiger partial charge in [0.2, 0.25) is 0 Å². The lowest BCUT2D eigenvalue weighted by Crippen LogP contribution is -2.30. The zero-order chi connectivity index (χ0) is 14.4. The maximum Gasteiger partial charge on any atom is 0.123 e. The van der Waals surface area contributed by atoms with Crippen molar-refractivity contribution in [3.63, 3.8) is 0 Å². The fourth-order valence-electron chi connectivity index (χ4n) is 2.48. The molecule has 0 heterocycles. The van der Waals surface area contributed by atoms with Crippen LogP contribution in [0.2, 0.25) is 0 Å². The minimum absolute atomic E-state index is 0.124. The molecule has 19 heavy (non-hydrogen) atoms. The summed E-state index contributed by atoms with van der Waals surface area (Å²) in [4.78, 5) is 0. The maximum atomic E-state index is 13.4. The van der Waals surface area contributed by atoms with E-state index in [9.17, 15) is 4.39 Å². The van der Waals surface area contributed by atoms with E-state index in [0.717, 1.165) is 18.5 Å². The molecule has 1 rings (SSSR count). The predicted molar refractivity (Wildman–Crippen MR) is 80.9 cm³/mol. The minimum atomic E-state index is -0.124. The molecule has 0 saturated heterocycles. The lowest BCUT2D eigenvalue weighted by atomic mass is 9.89. The fourth-order valence-corrected chi connectivity index (χ4v) is 2.48. The average Bonchev–Trinajstić information content (AvgIpc) is 2.30. The highest BCUT2D eigenvalue weighted by atomic mass is 19.1. The summed E-state index contributed by atoms with van der Waals surface area (Å²) in [6, 6.07) is 5.62. The van der Waals surface area contributed by atoms with Gasteiger partial charge < -0.3 is 5.32 Å². The van der Waals surface area contributed by atoms with E-state index in [1.54, 1.807) is 12.1 Å². The Morgan fingerprint density at radius 1 is 1.16 bits per heavy atom. The molecule has 0 aliphatic rings. The molecule has 1 nitrogen and oxygen atoms in total. The van der Waals surface area contributed by atoms with Crippen molar-refractivity contribution < 1.29 is 4.39 Å². The third-order valence-electron chi connectivity index (χ3n) is 3.44. The number of benzene rings is 1. The van der Waals surface area contributed by atoms with E-state index in [2.05, 4.69) is 39.9 Å². The number of aryl methyl sites for hydroxylation is 1. The monoisotopic (exact) mass is 265 g/mol. The van der Waals surface area contributed by atoms with E-state index in [4.69, 9.17) is 0 Å². The van der Waals surface area contributed by atoms with Gasteiger partial charge in [0.1, 0.15) is 5.82 Å². The molecule has 0 aliphatic heterocycles. The second kappa shape index (κ2) is 7.64. The highest BCUT2D eigenvalue weighted by molar-refractivity contribution is 5.27. The molecule has 0 amide bonds. The normalized spacial score (nSPS) is 13.3. The molecule has 1 atom stereocenters. The summed E-state index contributed by atoms with van der Waals surface area (Å²) < 4.78 is 13.4. The Balaban J connectivity index is 2.72. The van der Waals surface area contributed by atoms with Gasteiger partial charge in [-0.3, -0.25) is 0 Å². The summed E-state index contributed by atoms with van der Waals surface area (Å²) in [5.74, 6) is 1.12. The van der Waals surface area contributed by atoms with Gasteiger partial charge in [-0.05, 0) is 61.4 Å². The Hall–Kier alpha value is -0.890. The van der Waals surface area contributed by atoms with Crippen molar-refractivity contribution >= 4 is 0 Å². The van der Waals surface area contributed by atoms with E-state index >= 15 is 0 Å². The second-order valence-electron chi connectivity index (χ2n) is 6.33. The first-order valence-electron chi connectivity index (χ1n) is 7.37. The molecule has 108 valence electrons. The van der Waals surface area contributed by atoms with Crippen LogP contribution in [0.1, 0.15) is 45.2 Å². The van der Waals surface area contributed by atoms with Crippen molar-refractivity contribution in [2.45, 2.75) is 53.5 Å². The summed E-state index contributed by atoms with van der Waals surface area (Å²) in [6.45, 7) is 11.9. The van der Waals surface area contributed by atoms with Crippen LogP contribution in [-0.4, -0.2) is 12.6 Å². The first-order chi connectivity index (χ1) is 8.88. The lowest BCUT2D eigenvalue weighted by molar-refractivity contribution is 0.372. The van der Waals surface area contributed by atoms with Gasteiger partial charge >= 0.3 is 0 Å². The van der Waals surface area contributed by atoms with Crippen molar-refractivity contribution in [3.05, 3.63) is 35.1 Å². The molecule has 0 saturated carbocycles. The van der Waals surface area contributed by atoms with E-state index in [-0.39, 0.29) is 5.82 Å². The van der Waals surface area contributed by atoms with E-state index in [0.29, 0.717) is 17.9 Å². The van der Waals surface area contributed by atoms with Crippen molar-refractivity contribution in [2.24, 2.45) is 11.8 Å². The zero-order valence-electron chi connectivity index (χ0n) is 13.0. The molecule has 1 N–H and O–H groups in total. The molecule has 1 aromatic carbocycles. The number of nitrogens with one attached hydrogen (secondary N) is 1. The SMILES string of the molecule is Cc1ccc(F)cc1CC(CNC(C)C)CC(C)C. The zero-order valence-corrected chi connectivity index (χ0v) is 13.0. The van der Waals surface area contributed by atoms with Gasteiger partial charge in [-0.15, -0.1) is 0 Å². The van der Waals surface area contributed by atoms with Crippen molar-refractivity contribution in [1.29, 1.82) is 0 Å². The fraction of sp³-hybridized carbons (Fsp3) is 0.647. The van der Waals surface area contributed by atoms with Gasteiger partial charge in [-0.1, -0.05) is 33.8 Å². The van der Waals surface area contributed by atoms with Crippen molar-refractivity contribution in [2.75, 3.05) is 6.54 Å². The summed E-state index contributed by atoms with van der Waals surface area (Å²) in [5, 5.41) is 3.51. The summed E-state index contributed by atoms with van der Waals surface area (Å²) in [7, 11) is 0. The van der Waals surface area contributed by atoms with Gasteiger partial charge in [-0.25, -0.2) is 4.39 Å². The Morgan fingerprint density at radius 2 is 1.84 bits per heavy atom. The Labute approximate surface area is 117 Å². The van der Waals surface area contributed by atoms with Crippen LogP contribution in [0.4, 0.5) is 4.39 Å². The second-order valence-corrected chi connectivity index (χ2v) is 6.33. The molecular formula is C17H28FN. The van der Waals surface area contributed by atoms with Crippen LogP contribution in [0.5, 0.6) is 0 Å². The van der Waals surface area contributed by atoms with E-state index in [1.165, 1.54) is 12.0 Å². The first kappa shape index (κ1) is 16.2. The maximum absolute atomic E-state index is 13.4. The summed E-state index contributed by atoms with van der Waals surface area (Å²) >= 11 is 0. The molecule has 1 unspecified atom stereocenters. The largest absolute Gasteiger partial charge is 0.314 e. The van der Waals surface area contributed by atoms with Crippen LogP contribution >= 0.6 is 0 Å². The highest BCUT2D eigenvalue weighted by Gasteiger charge is 2.14. The Morgan fingerprint density at radius 3 is 2.42 bits per heavy atom. The summed E-state index contributed by atoms with van der Waals surface area (Å²) in [6.07, 6.45) is 2.14. The third kappa shape index (κ3) is 6.20. The topological polar surface area (TPSA) is 12.0 Å². The average molecular weight is 265 g/mol. The van der Waals surface area contributed by atoms with Crippen molar-refractivity contribution in [1.82, 2.24) is 5.32 Å². The van der Waals surface area contributed by atoms with Crippen molar-refractivity contribution in [3.8, 4) is 0 Å². The van der Waals surface area contributed by atoms with Crippen LogP contribution < -0.4 is 5.32 Å². The van der Waals surface area contributed by atoms with E-state index < -0.39 is 0 Å². The van der Waals surface area contributed by atoms with Crippen LogP contribution in [0.15, 0.2) is 18.2 Å². The minimum Gasteiger partial charge on any atom is -0.314 e. The molecule has 0 aromatic heterocycles. The van der Waals surface area contributed by atoms with E-state index in [1.807, 2.05) is 6.07 Å². The Bertz CT molecular complexity index is 385. The van der Waals surface area contributed by atoms with Crippen LogP contribution in [0, 0.1) is 24.6 Å². The van der Waals surface area contributed by atoms with Gasteiger partial charge in [0.15, 0.2) is 0 Å². The van der Waals surface area contributed by atoms with Gasteiger partial charge in [0.05, 0.1) is 0 Å². The molecule has 0 aliphatic carbocycles.